The molecule has 2 aliphatic rings. The second-order valence-electron chi connectivity index (χ2n) is 8.10. The van der Waals surface area contributed by atoms with Gasteiger partial charge in [-0.05, 0) is 45.0 Å². The molecule has 0 aliphatic carbocycles. The zero-order chi connectivity index (χ0) is 26.7. The number of ether oxygens (including phenoxy) is 2. The zero-order valence-electron chi connectivity index (χ0n) is 20.6. The van der Waals surface area contributed by atoms with Crippen LogP contribution in [0.4, 0.5) is 11.4 Å². The van der Waals surface area contributed by atoms with Crippen molar-refractivity contribution in [1.82, 2.24) is 0 Å². The molecule has 0 saturated heterocycles. The molecule has 2 heterocycles. The van der Waals surface area contributed by atoms with Gasteiger partial charge in [-0.25, -0.2) is 9.59 Å². The lowest BCUT2D eigenvalue weighted by Crippen LogP contribution is -2.53. The normalized spacial score (nSPS) is 19.2. The first-order valence-corrected chi connectivity index (χ1v) is 11.6. The number of benzene rings is 2. The fourth-order valence-electron chi connectivity index (χ4n) is 4.57. The van der Waals surface area contributed by atoms with Crippen LogP contribution in [0.5, 0.6) is 0 Å². The number of carbonyl (C=O) groups is 3. The van der Waals surface area contributed by atoms with Gasteiger partial charge in [-0.15, -0.1) is 0 Å². The van der Waals surface area contributed by atoms with Gasteiger partial charge in [0.15, 0.2) is 5.41 Å². The van der Waals surface area contributed by atoms with E-state index in [-0.39, 0.29) is 41.6 Å². The van der Waals surface area contributed by atoms with Gasteiger partial charge in [-0.2, -0.15) is 15.4 Å². The molecule has 0 fully saturated rings. The highest BCUT2D eigenvalue weighted by atomic mass is 16.5. The van der Waals surface area contributed by atoms with E-state index in [2.05, 4.69) is 5.10 Å². The topological polar surface area (TPSA) is 138 Å². The number of hydrogen-bond donors (Lipinski definition) is 1. The minimum absolute atomic E-state index is 0.0139. The van der Waals surface area contributed by atoms with Crippen LogP contribution in [0, 0.1) is 16.7 Å². The minimum Gasteiger partial charge on any atom is -0.463 e. The van der Waals surface area contributed by atoms with Gasteiger partial charge in [0.1, 0.15) is 17.6 Å². The Morgan fingerprint density at radius 3 is 2.05 bits per heavy atom. The minimum atomic E-state index is -2.10. The number of nitrogens with zero attached hydrogens (tertiary/aromatic N) is 4. The number of anilines is 2. The molecule has 2 aliphatic heterocycles. The number of amides is 1. The molecule has 2 aromatic carbocycles. The largest absolute Gasteiger partial charge is 0.463 e. The molecule has 10 nitrogen and oxygen atoms in total. The number of esters is 2. The summed E-state index contributed by atoms with van der Waals surface area (Å²) in [6.07, 6.45) is 0. The van der Waals surface area contributed by atoms with Crippen LogP contribution in [0.3, 0.4) is 0 Å². The number of nitriles is 1. The number of nitrogens with two attached hydrogens (primary N) is 1. The molecule has 0 saturated carbocycles. The lowest BCUT2D eigenvalue weighted by Gasteiger charge is -2.40. The highest BCUT2D eigenvalue weighted by Crippen LogP contribution is 2.51. The molecule has 1 unspecified atom stereocenters. The third-order valence-corrected chi connectivity index (χ3v) is 6.09. The van der Waals surface area contributed by atoms with Crippen LogP contribution < -0.4 is 15.6 Å². The maximum atomic E-state index is 14.3. The quantitative estimate of drug-likeness (QED) is 0.599. The number of hydrogen-bond acceptors (Lipinski definition) is 9. The highest BCUT2D eigenvalue weighted by molar-refractivity contribution is 6.29. The van der Waals surface area contributed by atoms with E-state index in [1.54, 1.807) is 74.5 Å². The van der Waals surface area contributed by atoms with Gasteiger partial charge >= 0.3 is 11.9 Å². The van der Waals surface area contributed by atoms with E-state index in [9.17, 15) is 19.6 Å². The molecule has 0 aromatic heterocycles. The molecule has 0 radical (unpaired) electrons. The van der Waals surface area contributed by atoms with Crippen molar-refractivity contribution in [2.75, 3.05) is 23.1 Å². The van der Waals surface area contributed by atoms with Crippen LogP contribution >= 0.6 is 0 Å². The summed E-state index contributed by atoms with van der Waals surface area (Å²) in [6, 6.07) is 19.0. The van der Waals surface area contributed by atoms with Crippen molar-refractivity contribution in [3.8, 4) is 6.07 Å². The van der Waals surface area contributed by atoms with Crippen LogP contribution in [0.1, 0.15) is 20.8 Å². The molecule has 10 heteroatoms. The summed E-state index contributed by atoms with van der Waals surface area (Å²) in [7, 11) is 0. The van der Waals surface area contributed by atoms with Crippen LogP contribution in [0.15, 0.2) is 88.4 Å². The van der Waals surface area contributed by atoms with Gasteiger partial charge in [-0.1, -0.05) is 36.4 Å². The Kier molecular flexibility index (Phi) is 6.80. The number of hydrazone groups is 1. The maximum absolute atomic E-state index is 14.3. The summed E-state index contributed by atoms with van der Waals surface area (Å²) >= 11 is 0. The predicted molar refractivity (Wildman–Crippen MR) is 136 cm³/mol. The molecule has 2 N–H and O–H groups in total. The molecule has 1 amide bonds. The van der Waals surface area contributed by atoms with E-state index < -0.39 is 23.3 Å². The fraction of sp³-hybridized carbons (Fsp3) is 0.222. The average Bonchev–Trinajstić information content (AvgIpc) is 3.15. The molecular formula is C27H25N5O5. The van der Waals surface area contributed by atoms with Crippen LogP contribution in [-0.2, 0) is 23.9 Å². The van der Waals surface area contributed by atoms with Gasteiger partial charge in [0.2, 0.25) is 0 Å². The fourth-order valence-corrected chi connectivity index (χ4v) is 4.57. The van der Waals surface area contributed by atoms with Crippen molar-refractivity contribution < 1.29 is 23.9 Å². The lowest BCUT2D eigenvalue weighted by atomic mass is 9.67. The molecule has 2 aromatic rings. The zero-order valence-corrected chi connectivity index (χ0v) is 20.6. The smallest absolute Gasteiger partial charge is 0.355 e. The Bertz CT molecular complexity index is 1390. The average molecular weight is 500 g/mol. The van der Waals surface area contributed by atoms with Gasteiger partial charge in [-0.3, -0.25) is 9.69 Å². The number of carbonyl (C=O) groups excluding carboxylic acids is 3. The summed E-state index contributed by atoms with van der Waals surface area (Å²) in [6.45, 7) is 4.65. The van der Waals surface area contributed by atoms with Crippen LogP contribution in [-0.4, -0.2) is 36.8 Å². The number of para-hydroxylation sites is 2. The van der Waals surface area contributed by atoms with Gasteiger partial charge in [0.25, 0.3) is 5.91 Å². The first kappa shape index (κ1) is 25.2. The van der Waals surface area contributed by atoms with E-state index in [4.69, 9.17) is 15.2 Å². The Labute approximate surface area is 213 Å². The molecule has 188 valence electrons. The Hall–Kier alpha value is -4.91. The van der Waals surface area contributed by atoms with E-state index in [1.807, 2.05) is 6.07 Å². The standard InChI is InChI=1S/C27H25N5O5/c1-4-36-24(33)21-22(25(34)37-5-2)31(18-12-8-6-9-13-18)23(29)20(16-28)27(21)17(3)30-32(26(27)35)19-14-10-7-11-15-19/h6-15H,4-5,29H2,1-3H3. The molecule has 1 spiro atoms. The summed E-state index contributed by atoms with van der Waals surface area (Å²) in [5.74, 6) is -2.83. The monoisotopic (exact) mass is 499 g/mol. The Balaban J connectivity index is 2.11. The van der Waals surface area contributed by atoms with Gasteiger partial charge in [0.05, 0.1) is 35.8 Å². The molecule has 0 bridgehead atoms. The van der Waals surface area contributed by atoms with Crippen molar-refractivity contribution in [2.45, 2.75) is 20.8 Å². The van der Waals surface area contributed by atoms with Crippen molar-refractivity contribution in [3.05, 3.63) is 83.3 Å². The third kappa shape index (κ3) is 3.81. The van der Waals surface area contributed by atoms with E-state index >= 15 is 0 Å². The molecule has 37 heavy (non-hydrogen) atoms. The predicted octanol–water partition coefficient (Wildman–Crippen LogP) is 2.99. The van der Waals surface area contributed by atoms with Crippen LogP contribution in [0.2, 0.25) is 0 Å². The third-order valence-electron chi connectivity index (χ3n) is 6.09. The lowest BCUT2D eigenvalue weighted by molar-refractivity contribution is -0.143. The van der Waals surface area contributed by atoms with Crippen LogP contribution in [0.25, 0.3) is 0 Å². The van der Waals surface area contributed by atoms with E-state index in [1.165, 1.54) is 11.8 Å². The maximum Gasteiger partial charge on any atom is 0.355 e. The second kappa shape index (κ2) is 9.99. The molecule has 4 rings (SSSR count). The van der Waals surface area contributed by atoms with Crippen molar-refractivity contribution in [1.29, 1.82) is 5.26 Å². The van der Waals surface area contributed by atoms with E-state index in [0.29, 0.717) is 11.4 Å². The van der Waals surface area contributed by atoms with Gasteiger partial charge in [0, 0.05) is 5.69 Å². The Morgan fingerprint density at radius 2 is 1.51 bits per heavy atom. The van der Waals surface area contributed by atoms with Crippen molar-refractivity contribution in [3.63, 3.8) is 0 Å². The summed E-state index contributed by atoms with van der Waals surface area (Å²) in [4.78, 5) is 42.6. The highest BCUT2D eigenvalue weighted by Gasteiger charge is 2.63. The molecular weight excluding hydrogens is 474 g/mol. The summed E-state index contributed by atoms with van der Waals surface area (Å²) in [5, 5.41) is 15.9. The van der Waals surface area contributed by atoms with Crippen molar-refractivity contribution >= 4 is 34.9 Å². The summed E-state index contributed by atoms with van der Waals surface area (Å²) < 4.78 is 10.7. The second-order valence-corrected chi connectivity index (χ2v) is 8.10. The first-order chi connectivity index (χ1) is 17.8. The number of rotatable bonds is 6. The SMILES string of the molecule is CCOC(=O)C1=C(C(=O)OCC)C2(C(=O)N(c3ccccc3)N=C2C)C(C#N)=C(N)N1c1ccccc1. The molecule has 1 atom stereocenters. The van der Waals surface area contributed by atoms with Crippen molar-refractivity contribution in [2.24, 2.45) is 16.3 Å². The van der Waals surface area contributed by atoms with Gasteiger partial charge < -0.3 is 15.2 Å². The summed E-state index contributed by atoms with van der Waals surface area (Å²) in [5.41, 5.74) is 4.37. The Morgan fingerprint density at radius 1 is 0.973 bits per heavy atom. The van der Waals surface area contributed by atoms with E-state index in [0.717, 1.165) is 5.01 Å². The first-order valence-electron chi connectivity index (χ1n) is 11.6.